The number of fused-ring (bicyclic) bond motifs is 1. The van der Waals surface area contributed by atoms with E-state index in [0.29, 0.717) is 59.0 Å². The van der Waals surface area contributed by atoms with Crippen LogP contribution in [0.4, 0.5) is 24.8 Å². The molecule has 0 bridgehead atoms. The first-order valence-electron chi connectivity index (χ1n) is 14.0. The van der Waals surface area contributed by atoms with Gasteiger partial charge < -0.3 is 14.9 Å². The van der Waals surface area contributed by atoms with Crippen molar-refractivity contribution in [1.82, 2.24) is 20.2 Å². The predicted octanol–water partition coefficient (Wildman–Crippen LogP) is 6.69. The van der Waals surface area contributed by atoms with Gasteiger partial charge in [-0.3, -0.25) is 9.59 Å². The van der Waals surface area contributed by atoms with Gasteiger partial charge in [0.25, 0.3) is 5.95 Å². The lowest BCUT2D eigenvalue weighted by Gasteiger charge is -2.45. The maximum absolute atomic E-state index is 14.0. The number of hydrogen-bond donors (Lipinski definition) is 1. The van der Waals surface area contributed by atoms with E-state index in [1.54, 1.807) is 35.0 Å². The van der Waals surface area contributed by atoms with E-state index in [1.165, 1.54) is 10.9 Å². The van der Waals surface area contributed by atoms with Gasteiger partial charge in [0.1, 0.15) is 0 Å². The fourth-order valence-electron chi connectivity index (χ4n) is 6.31. The number of carbonyl (C=O) groups excluding carboxylic acids is 1. The van der Waals surface area contributed by atoms with Crippen molar-refractivity contribution in [2.45, 2.75) is 70.3 Å². The number of carbonyl (C=O) groups is 2. The Morgan fingerprint density at radius 1 is 1.07 bits per heavy atom. The zero-order chi connectivity index (χ0) is 31.1. The molecule has 1 N–H and O–H groups in total. The number of aliphatic carboxylic acids is 1. The Kier molecular flexibility index (Phi) is 8.89. The summed E-state index contributed by atoms with van der Waals surface area (Å²) < 4.78 is 42.0. The molecule has 1 fully saturated rings. The molecule has 1 aliphatic heterocycles. The first-order chi connectivity index (χ1) is 20.3. The van der Waals surface area contributed by atoms with Gasteiger partial charge in [-0.2, -0.15) is 18.0 Å². The molecule has 5 rings (SSSR count). The van der Waals surface area contributed by atoms with Crippen molar-refractivity contribution < 1.29 is 27.9 Å². The number of aryl methyl sites for hydroxylation is 1. The molecule has 0 radical (unpaired) electrons. The van der Waals surface area contributed by atoms with Crippen LogP contribution in [-0.2, 0) is 29.4 Å². The van der Waals surface area contributed by atoms with Gasteiger partial charge in [0.05, 0.1) is 18.7 Å². The number of anilines is 2. The summed E-state index contributed by atoms with van der Waals surface area (Å²) in [5.74, 6) is -1.14. The first-order valence-corrected chi connectivity index (χ1v) is 14.8. The molecule has 0 spiro atoms. The monoisotopic (exact) mass is 638 g/mol. The van der Waals surface area contributed by atoms with Gasteiger partial charge in [0, 0.05) is 40.7 Å². The molecule has 9 nitrogen and oxygen atoms in total. The lowest BCUT2D eigenvalue weighted by Crippen LogP contribution is -2.49. The summed E-state index contributed by atoms with van der Waals surface area (Å²) in [6.07, 6.45) is -1.95. The summed E-state index contributed by atoms with van der Waals surface area (Å²) in [6, 6.07) is 7.46. The van der Waals surface area contributed by atoms with Gasteiger partial charge in [-0.15, -0.1) is 5.10 Å². The van der Waals surface area contributed by atoms with Crippen LogP contribution in [0.5, 0.6) is 0 Å². The minimum atomic E-state index is -4.60. The van der Waals surface area contributed by atoms with Crippen LogP contribution in [0, 0.1) is 11.8 Å². The average Bonchev–Trinajstić information content (AvgIpc) is 3.35. The summed E-state index contributed by atoms with van der Waals surface area (Å²) in [5, 5.41) is 22.4. The van der Waals surface area contributed by atoms with Crippen molar-refractivity contribution in [2.75, 3.05) is 9.80 Å². The van der Waals surface area contributed by atoms with Crippen molar-refractivity contribution in [2.24, 2.45) is 18.9 Å². The van der Waals surface area contributed by atoms with Crippen LogP contribution in [0.15, 0.2) is 36.4 Å². The molecule has 2 aliphatic rings. The average molecular weight is 640 g/mol. The molecule has 2 heterocycles. The zero-order valence-corrected chi connectivity index (χ0v) is 25.1. The molecular formula is C29H31Cl2F3N6O3. The highest BCUT2D eigenvalue weighted by molar-refractivity contribution is 6.34. The molecule has 1 aromatic heterocycles. The predicted molar refractivity (Wildman–Crippen MR) is 155 cm³/mol. The van der Waals surface area contributed by atoms with Gasteiger partial charge in [-0.05, 0) is 97.7 Å². The Balaban J connectivity index is 1.54. The maximum Gasteiger partial charge on any atom is 0.416 e. The van der Waals surface area contributed by atoms with Crippen molar-refractivity contribution in [1.29, 1.82) is 0 Å². The quantitative estimate of drug-likeness (QED) is 0.307. The highest BCUT2D eigenvalue weighted by atomic mass is 35.5. The lowest BCUT2D eigenvalue weighted by molar-refractivity contribution is -0.139. The standard InChI is InChI=1S/C29H31Cl2F3N6O3/c1-16-9-25(39(28-35-37-38(2)36-28)15-18-10-21(30)14-22(31)11-18)23-13-20(29(32,33)34)7-8-24(23)40(16)27(43)19-5-3-17(4-6-19)12-26(41)42/h7-8,10-11,13-14,16-17,19,25H,3-6,9,12,15H2,1-2H3,(H,41,42). The Bertz CT molecular complexity index is 1490. The Morgan fingerprint density at radius 3 is 2.33 bits per heavy atom. The van der Waals surface area contributed by atoms with E-state index < -0.39 is 23.8 Å². The summed E-state index contributed by atoms with van der Waals surface area (Å²) in [5.41, 5.74) is 0.585. The third-order valence-corrected chi connectivity index (χ3v) is 8.72. The van der Waals surface area contributed by atoms with Crippen LogP contribution in [0.25, 0.3) is 0 Å². The molecule has 0 saturated heterocycles. The van der Waals surface area contributed by atoms with Crippen molar-refractivity contribution in [3.8, 4) is 0 Å². The Hall–Kier alpha value is -3.38. The summed E-state index contributed by atoms with van der Waals surface area (Å²) in [4.78, 5) is 29.8. The second-order valence-electron chi connectivity index (χ2n) is 11.4. The number of carboxylic acid groups (broad SMARTS) is 1. The van der Waals surface area contributed by atoms with Crippen molar-refractivity contribution in [3.05, 3.63) is 63.1 Å². The van der Waals surface area contributed by atoms with Crippen LogP contribution >= 0.6 is 23.2 Å². The number of amides is 1. The molecule has 1 saturated carbocycles. The van der Waals surface area contributed by atoms with Gasteiger partial charge in [0.2, 0.25) is 5.91 Å². The Labute approximate surface area is 256 Å². The molecule has 1 aliphatic carbocycles. The lowest BCUT2D eigenvalue weighted by atomic mass is 9.79. The Morgan fingerprint density at radius 2 is 1.74 bits per heavy atom. The molecule has 230 valence electrons. The number of aromatic nitrogens is 4. The highest BCUT2D eigenvalue weighted by Crippen LogP contribution is 2.46. The summed E-state index contributed by atoms with van der Waals surface area (Å²) in [6.45, 7) is 2.04. The minimum absolute atomic E-state index is 0.0133. The fraction of sp³-hybridized carbons (Fsp3) is 0.483. The van der Waals surface area contributed by atoms with Crippen molar-refractivity contribution in [3.63, 3.8) is 0 Å². The maximum atomic E-state index is 14.0. The number of benzene rings is 2. The zero-order valence-electron chi connectivity index (χ0n) is 23.6. The second-order valence-corrected chi connectivity index (χ2v) is 12.3. The van der Waals surface area contributed by atoms with Crippen LogP contribution in [0.2, 0.25) is 10.0 Å². The number of hydrogen-bond acceptors (Lipinski definition) is 6. The highest BCUT2D eigenvalue weighted by Gasteiger charge is 2.42. The molecule has 43 heavy (non-hydrogen) atoms. The first kappa shape index (κ1) is 31.1. The fourth-order valence-corrected chi connectivity index (χ4v) is 6.88. The molecule has 2 aromatic carbocycles. The molecule has 2 unspecified atom stereocenters. The normalized spacial score (nSPS) is 22.3. The van der Waals surface area contributed by atoms with E-state index >= 15 is 0 Å². The number of carboxylic acids is 1. The number of tetrazole rings is 1. The van der Waals surface area contributed by atoms with Crippen LogP contribution < -0.4 is 9.80 Å². The smallest absolute Gasteiger partial charge is 0.416 e. The van der Waals surface area contributed by atoms with Crippen LogP contribution in [0.3, 0.4) is 0 Å². The number of halogens is 5. The van der Waals surface area contributed by atoms with Crippen LogP contribution in [0.1, 0.15) is 68.2 Å². The number of rotatable bonds is 7. The molecule has 14 heteroatoms. The molecule has 3 aromatic rings. The summed E-state index contributed by atoms with van der Waals surface area (Å²) >= 11 is 12.5. The SMILES string of the molecule is CC1CC(N(Cc2cc(Cl)cc(Cl)c2)c2nnn(C)n2)c2cc(C(F)(F)F)ccc2N1C(=O)C1CCC(CC(=O)O)CC1. The van der Waals surface area contributed by atoms with Gasteiger partial charge >= 0.3 is 12.1 Å². The van der Waals surface area contributed by atoms with E-state index in [2.05, 4.69) is 15.4 Å². The van der Waals surface area contributed by atoms with E-state index in [9.17, 15) is 22.8 Å². The molecule has 2 atom stereocenters. The van der Waals surface area contributed by atoms with E-state index in [4.69, 9.17) is 28.3 Å². The van der Waals surface area contributed by atoms with E-state index in [-0.39, 0.29) is 42.7 Å². The van der Waals surface area contributed by atoms with Gasteiger partial charge in [0.15, 0.2) is 0 Å². The number of alkyl halides is 3. The number of nitrogens with zero attached hydrogens (tertiary/aromatic N) is 6. The third-order valence-electron chi connectivity index (χ3n) is 8.28. The van der Waals surface area contributed by atoms with Gasteiger partial charge in [-0.25, -0.2) is 0 Å². The minimum Gasteiger partial charge on any atom is -0.481 e. The topological polar surface area (TPSA) is 104 Å². The molecular weight excluding hydrogens is 608 g/mol. The molecule has 1 amide bonds. The van der Waals surface area contributed by atoms with Gasteiger partial charge in [-0.1, -0.05) is 28.3 Å². The third kappa shape index (κ3) is 6.90. The van der Waals surface area contributed by atoms with E-state index in [1.807, 2.05) is 6.92 Å². The summed E-state index contributed by atoms with van der Waals surface area (Å²) in [7, 11) is 1.59. The van der Waals surface area contributed by atoms with E-state index in [0.717, 1.165) is 12.1 Å². The van der Waals surface area contributed by atoms with Crippen molar-refractivity contribution >= 4 is 46.7 Å². The second kappa shape index (κ2) is 12.3. The largest absolute Gasteiger partial charge is 0.481 e. The van der Waals surface area contributed by atoms with Crippen LogP contribution in [-0.4, -0.2) is 43.2 Å².